The number of aryl methyl sites for hydroxylation is 2. The number of hydrogen-bond acceptors (Lipinski definition) is 4. The van der Waals surface area contributed by atoms with Gasteiger partial charge in [0.25, 0.3) is 0 Å². The molecule has 4 nitrogen and oxygen atoms in total. The highest BCUT2D eigenvalue weighted by Crippen LogP contribution is 2.35. The molecule has 0 aliphatic rings. The molecule has 0 aliphatic carbocycles. The molecule has 0 radical (unpaired) electrons. The third kappa shape index (κ3) is 6.04. The van der Waals surface area contributed by atoms with Gasteiger partial charge in [-0.3, -0.25) is 0 Å². The summed E-state index contributed by atoms with van der Waals surface area (Å²) in [4.78, 5) is 17.3. The molecule has 41 heavy (non-hydrogen) atoms. The van der Waals surface area contributed by atoms with Crippen LogP contribution in [0.1, 0.15) is 11.4 Å². The molecular weight excluding hydrogens is 547 g/mol. The molecule has 7 aromatic rings. The summed E-state index contributed by atoms with van der Waals surface area (Å²) in [5, 5.41) is 6.31. The first-order valence-corrected chi connectivity index (χ1v) is 14.2. The van der Waals surface area contributed by atoms with Gasteiger partial charge in [-0.2, -0.15) is 0 Å². The van der Waals surface area contributed by atoms with Gasteiger partial charge in [0.15, 0.2) is 0 Å². The van der Waals surface area contributed by atoms with E-state index >= 15 is 0 Å². The lowest BCUT2D eigenvalue weighted by Gasteiger charge is -2.11. The van der Waals surface area contributed by atoms with Crippen LogP contribution >= 0.6 is 23.2 Å². The molecule has 2 aromatic heterocycles. The molecular formula is C35H28Cl2N4. The molecule has 5 aromatic carbocycles. The van der Waals surface area contributed by atoms with Crippen LogP contribution in [0.5, 0.6) is 0 Å². The van der Waals surface area contributed by atoms with Gasteiger partial charge in [0.1, 0.15) is 12.7 Å². The van der Waals surface area contributed by atoms with Gasteiger partial charge in [0, 0.05) is 33.9 Å². The topological polar surface area (TPSA) is 51.6 Å². The van der Waals surface area contributed by atoms with Crippen LogP contribution < -0.4 is 0 Å². The molecule has 6 heteroatoms. The maximum absolute atomic E-state index is 4.76. The van der Waals surface area contributed by atoms with Crippen LogP contribution in [0.3, 0.4) is 0 Å². The zero-order chi connectivity index (χ0) is 28.6. The Morgan fingerprint density at radius 1 is 0.512 bits per heavy atom. The van der Waals surface area contributed by atoms with Gasteiger partial charge in [0.05, 0.1) is 10.9 Å². The fourth-order valence-electron chi connectivity index (χ4n) is 5.10. The van der Waals surface area contributed by atoms with Crippen molar-refractivity contribution in [3.63, 3.8) is 0 Å². The van der Waals surface area contributed by atoms with E-state index in [4.69, 9.17) is 23.2 Å². The number of hydrogen-bond donors (Lipinski definition) is 0. The maximum Gasteiger partial charge on any atom is 0.116 e. The summed E-state index contributed by atoms with van der Waals surface area (Å²) >= 11 is 9.53. The number of rotatable bonds is 2. The molecule has 0 spiro atoms. The fourth-order valence-corrected chi connectivity index (χ4v) is 5.10. The molecule has 7 rings (SSSR count). The van der Waals surface area contributed by atoms with Crippen molar-refractivity contribution in [1.29, 1.82) is 0 Å². The minimum atomic E-state index is 0.194. The number of aromatic nitrogens is 4. The SMILES string of the molecule is Cc1ncnc2c3ccccc3c3ccccc3c12.Cc1ncncc1-c1ccccc1-c1ccccc1.ClCCl. The lowest BCUT2D eigenvalue weighted by molar-refractivity contribution is 1.11. The Hall–Kier alpha value is -4.38. The third-order valence-corrected chi connectivity index (χ3v) is 6.92. The first-order valence-electron chi connectivity index (χ1n) is 13.2. The Bertz CT molecular complexity index is 1880. The highest BCUT2D eigenvalue weighted by atomic mass is 35.5. The lowest BCUT2D eigenvalue weighted by Crippen LogP contribution is -1.91. The summed E-state index contributed by atoms with van der Waals surface area (Å²) in [6.07, 6.45) is 5.12. The first-order chi connectivity index (χ1) is 20.1. The first kappa shape index (κ1) is 28.2. The molecule has 0 atom stereocenters. The van der Waals surface area contributed by atoms with Crippen LogP contribution in [0.15, 0.2) is 122 Å². The monoisotopic (exact) mass is 574 g/mol. The standard InChI is InChI=1S/C17H12N2.C17H14N2.CH2Cl2/c1-11-16-14-8-4-2-6-12(14)13-7-3-5-9-15(13)17(16)19-10-18-11;1-13-17(11-18-12-19-13)16-10-6-5-9-15(16)14-7-3-2-4-8-14;2-1-3/h2-10H,1H3;2-12H,1H3;1H2. The number of nitrogens with zero attached hydrogens (tertiary/aromatic N) is 4. The smallest absolute Gasteiger partial charge is 0.116 e. The van der Waals surface area contributed by atoms with Gasteiger partial charge in [-0.25, -0.2) is 19.9 Å². The van der Waals surface area contributed by atoms with Crippen LogP contribution in [-0.2, 0) is 0 Å². The van der Waals surface area contributed by atoms with Gasteiger partial charge in [0.2, 0.25) is 0 Å². The molecule has 0 unspecified atom stereocenters. The highest BCUT2D eigenvalue weighted by Gasteiger charge is 2.11. The molecule has 0 saturated heterocycles. The average molecular weight is 576 g/mol. The van der Waals surface area contributed by atoms with Crippen molar-refractivity contribution in [2.24, 2.45) is 0 Å². The molecule has 202 valence electrons. The minimum Gasteiger partial charge on any atom is -0.244 e. The Morgan fingerprint density at radius 3 is 1.73 bits per heavy atom. The Balaban J connectivity index is 0.000000151. The van der Waals surface area contributed by atoms with Crippen molar-refractivity contribution in [2.75, 3.05) is 5.34 Å². The van der Waals surface area contributed by atoms with E-state index in [1.165, 1.54) is 38.2 Å². The van der Waals surface area contributed by atoms with Crippen molar-refractivity contribution in [2.45, 2.75) is 13.8 Å². The largest absolute Gasteiger partial charge is 0.244 e. The summed E-state index contributed by atoms with van der Waals surface area (Å²) in [7, 11) is 0. The van der Waals surface area contributed by atoms with Crippen molar-refractivity contribution in [3.8, 4) is 22.3 Å². The van der Waals surface area contributed by atoms with Gasteiger partial charge in [-0.1, -0.05) is 103 Å². The normalized spacial score (nSPS) is 10.5. The second-order valence-electron chi connectivity index (χ2n) is 9.31. The third-order valence-electron chi connectivity index (χ3n) is 6.92. The number of benzene rings is 5. The van der Waals surface area contributed by atoms with E-state index in [2.05, 4.69) is 111 Å². The number of halogens is 2. The van der Waals surface area contributed by atoms with E-state index in [0.717, 1.165) is 27.9 Å². The maximum atomic E-state index is 4.76. The predicted molar refractivity (Wildman–Crippen MR) is 174 cm³/mol. The van der Waals surface area contributed by atoms with Gasteiger partial charge in [-0.05, 0) is 46.7 Å². The molecule has 2 heterocycles. The molecule has 0 N–H and O–H groups in total. The van der Waals surface area contributed by atoms with Crippen LogP contribution in [0.25, 0.3) is 54.7 Å². The van der Waals surface area contributed by atoms with E-state index in [0.29, 0.717) is 0 Å². The zero-order valence-electron chi connectivity index (χ0n) is 22.8. The molecule has 0 aliphatic heterocycles. The lowest BCUT2D eigenvalue weighted by atomic mass is 9.95. The Kier molecular flexibility index (Phi) is 9.15. The number of alkyl halides is 2. The molecule has 0 bridgehead atoms. The van der Waals surface area contributed by atoms with Crippen molar-refractivity contribution < 1.29 is 0 Å². The van der Waals surface area contributed by atoms with E-state index < -0.39 is 0 Å². The quantitative estimate of drug-likeness (QED) is 0.152. The summed E-state index contributed by atoms with van der Waals surface area (Å²) in [6, 6.07) is 35.7. The van der Waals surface area contributed by atoms with E-state index in [1.807, 2.05) is 32.2 Å². The molecule has 0 saturated carbocycles. The second-order valence-corrected chi connectivity index (χ2v) is 10.1. The Labute approximate surface area is 249 Å². The number of fused-ring (bicyclic) bond motifs is 6. The minimum absolute atomic E-state index is 0.194. The second kappa shape index (κ2) is 13.3. The summed E-state index contributed by atoms with van der Waals surface area (Å²) < 4.78 is 0. The molecule has 0 amide bonds. The van der Waals surface area contributed by atoms with Crippen molar-refractivity contribution in [1.82, 2.24) is 19.9 Å². The highest BCUT2D eigenvalue weighted by molar-refractivity contribution is 6.40. The average Bonchev–Trinajstić information content (AvgIpc) is 3.03. The summed E-state index contributed by atoms with van der Waals surface area (Å²) in [5.41, 5.74) is 7.75. The van der Waals surface area contributed by atoms with Crippen LogP contribution in [0, 0.1) is 13.8 Å². The zero-order valence-corrected chi connectivity index (χ0v) is 24.3. The van der Waals surface area contributed by atoms with E-state index in [1.54, 1.807) is 12.7 Å². The van der Waals surface area contributed by atoms with Crippen molar-refractivity contribution >= 4 is 55.6 Å². The summed E-state index contributed by atoms with van der Waals surface area (Å²) in [6.45, 7) is 4.06. The van der Waals surface area contributed by atoms with Crippen LogP contribution in [-0.4, -0.2) is 25.3 Å². The van der Waals surface area contributed by atoms with Gasteiger partial charge in [-0.15, -0.1) is 23.2 Å². The van der Waals surface area contributed by atoms with Crippen molar-refractivity contribution in [3.05, 3.63) is 133 Å². The van der Waals surface area contributed by atoms with Crippen LogP contribution in [0.2, 0.25) is 0 Å². The van der Waals surface area contributed by atoms with E-state index in [9.17, 15) is 0 Å². The van der Waals surface area contributed by atoms with E-state index in [-0.39, 0.29) is 5.34 Å². The van der Waals surface area contributed by atoms with Gasteiger partial charge >= 0.3 is 0 Å². The van der Waals surface area contributed by atoms with Gasteiger partial charge < -0.3 is 0 Å². The predicted octanol–water partition coefficient (Wildman–Crippen LogP) is 9.79. The van der Waals surface area contributed by atoms with Crippen LogP contribution in [0.4, 0.5) is 0 Å². The Morgan fingerprint density at radius 2 is 1.05 bits per heavy atom. The molecule has 0 fully saturated rings. The fraction of sp³-hybridized carbons (Fsp3) is 0.0857. The summed E-state index contributed by atoms with van der Waals surface area (Å²) in [5.74, 6) is 0.